The summed E-state index contributed by atoms with van der Waals surface area (Å²) < 4.78 is 0. The number of nitrogens with zero attached hydrogens (tertiary/aromatic N) is 1. The zero-order chi connectivity index (χ0) is 11.0. The molecule has 0 heterocycles. The number of Topliss-reactive ketones (excluding diaryl/α,β-unsaturated/α-hetero) is 1. The Hall–Kier alpha value is -0.350. The Kier molecular flexibility index (Phi) is 7.80. The fourth-order valence-electron chi connectivity index (χ4n) is 1.08. The van der Waals surface area contributed by atoms with Crippen LogP contribution >= 0.6 is 11.8 Å². The lowest BCUT2D eigenvalue weighted by atomic mass is 10.3. The molecule has 0 aliphatic rings. The van der Waals surface area contributed by atoms with Crippen molar-refractivity contribution in [2.24, 2.45) is 0 Å². The molecule has 0 aliphatic carbocycles. The first-order valence-electron chi connectivity index (χ1n) is 4.97. The predicted molar refractivity (Wildman–Crippen MR) is 60.6 cm³/mol. The summed E-state index contributed by atoms with van der Waals surface area (Å²) in [4.78, 5) is 24.0. The number of hydrogen-bond acceptors (Lipinski definition) is 4. The van der Waals surface area contributed by atoms with E-state index < -0.39 is 0 Å². The molecule has 0 aromatic heterocycles. The molecule has 0 unspecified atom stereocenters. The minimum atomic E-state index is -0.0506. The van der Waals surface area contributed by atoms with Crippen LogP contribution in [0.3, 0.4) is 0 Å². The largest absolute Gasteiger partial charge is 0.303 e. The summed E-state index contributed by atoms with van der Waals surface area (Å²) in [6.45, 7) is 8.59. The van der Waals surface area contributed by atoms with E-state index in [1.165, 1.54) is 18.7 Å². The Balaban J connectivity index is 3.52. The Morgan fingerprint density at radius 3 is 2.21 bits per heavy atom. The van der Waals surface area contributed by atoms with E-state index in [0.717, 1.165) is 25.4 Å². The molecular formula is C10H19NO2S. The molecule has 0 saturated heterocycles. The lowest BCUT2D eigenvalue weighted by Crippen LogP contribution is -2.25. The summed E-state index contributed by atoms with van der Waals surface area (Å²) >= 11 is 1.26. The molecule has 0 fully saturated rings. The molecule has 4 heteroatoms. The first kappa shape index (κ1) is 13.7. The van der Waals surface area contributed by atoms with Crippen LogP contribution in [-0.2, 0) is 9.59 Å². The molecule has 0 amide bonds. The van der Waals surface area contributed by atoms with Crippen molar-refractivity contribution in [3.05, 3.63) is 0 Å². The van der Waals surface area contributed by atoms with E-state index in [1.807, 2.05) is 0 Å². The van der Waals surface area contributed by atoms with Gasteiger partial charge in [0.05, 0.1) is 6.42 Å². The standard InChI is InChI=1S/C10H19NO2S/c1-4-11(5-2)6-7-14-10(13)8-9(3)12/h4-8H2,1-3H3. The van der Waals surface area contributed by atoms with Crippen LogP contribution in [0.15, 0.2) is 0 Å². The second kappa shape index (κ2) is 8.00. The van der Waals surface area contributed by atoms with Crippen LogP contribution in [0.2, 0.25) is 0 Å². The lowest BCUT2D eigenvalue weighted by Gasteiger charge is -2.16. The highest BCUT2D eigenvalue weighted by Gasteiger charge is 2.06. The number of carbonyl (C=O) groups excluding carboxylic acids is 2. The molecule has 0 spiro atoms. The van der Waals surface area contributed by atoms with Gasteiger partial charge in [-0.25, -0.2) is 0 Å². The Labute approximate surface area is 90.2 Å². The molecule has 0 atom stereocenters. The minimum absolute atomic E-state index is 0.00958. The summed E-state index contributed by atoms with van der Waals surface area (Å²) in [5.74, 6) is 0.735. The van der Waals surface area contributed by atoms with Gasteiger partial charge < -0.3 is 4.90 Å². The van der Waals surface area contributed by atoms with Gasteiger partial charge in [-0.05, 0) is 20.0 Å². The molecule has 0 N–H and O–H groups in total. The summed E-state index contributed by atoms with van der Waals surface area (Å²) in [6, 6.07) is 0. The Morgan fingerprint density at radius 2 is 1.79 bits per heavy atom. The molecule has 82 valence electrons. The van der Waals surface area contributed by atoms with Crippen LogP contribution in [-0.4, -0.2) is 41.2 Å². The van der Waals surface area contributed by atoms with Crippen LogP contribution in [0, 0.1) is 0 Å². The van der Waals surface area contributed by atoms with Crippen LogP contribution in [0.1, 0.15) is 27.2 Å². The molecule has 14 heavy (non-hydrogen) atoms. The topological polar surface area (TPSA) is 37.4 Å². The van der Waals surface area contributed by atoms with Gasteiger partial charge in [0.2, 0.25) is 0 Å². The van der Waals surface area contributed by atoms with E-state index in [1.54, 1.807) is 0 Å². The second-order valence-corrected chi connectivity index (χ2v) is 4.28. The van der Waals surface area contributed by atoms with Crippen LogP contribution < -0.4 is 0 Å². The van der Waals surface area contributed by atoms with Crippen molar-refractivity contribution in [3.8, 4) is 0 Å². The summed E-state index contributed by atoms with van der Waals surface area (Å²) in [5.41, 5.74) is 0. The van der Waals surface area contributed by atoms with Crippen LogP contribution in [0.5, 0.6) is 0 Å². The van der Waals surface area contributed by atoms with Crippen molar-refractivity contribution in [2.75, 3.05) is 25.4 Å². The van der Waals surface area contributed by atoms with E-state index in [0.29, 0.717) is 0 Å². The molecule has 0 aromatic rings. The zero-order valence-electron chi connectivity index (χ0n) is 9.21. The van der Waals surface area contributed by atoms with Gasteiger partial charge in [-0.1, -0.05) is 25.6 Å². The maximum absolute atomic E-state index is 11.1. The van der Waals surface area contributed by atoms with E-state index in [-0.39, 0.29) is 17.3 Å². The molecule has 0 radical (unpaired) electrons. The van der Waals surface area contributed by atoms with Crippen molar-refractivity contribution < 1.29 is 9.59 Å². The average Bonchev–Trinajstić information content (AvgIpc) is 2.11. The van der Waals surface area contributed by atoms with E-state index in [9.17, 15) is 9.59 Å². The van der Waals surface area contributed by atoms with Gasteiger partial charge in [-0.3, -0.25) is 9.59 Å². The lowest BCUT2D eigenvalue weighted by molar-refractivity contribution is -0.121. The average molecular weight is 217 g/mol. The van der Waals surface area contributed by atoms with Gasteiger partial charge >= 0.3 is 0 Å². The van der Waals surface area contributed by atoms with Gasteiger partial charge in [0.15, 0.2) is 5.12 Å². The number of carbonyl (C=O) groups is 2. The highest BCUT2D eigenvalue weighted by molar-refractivity contribution is 8.13. The van der Waals surface area contributed by atoms with E-state index in [2.05, 4.69) is 18.7 Å². The SMILES string of the molecule is CCN(CC)CCSC(=O)CC(C)=O. The number of thioether (sulfide) groups is 1. The quantitative estimate of drug-likeness (QED) is 0.607. The summed E-state index contributed by atoms with van der Waals surface area (Å²) in [7, 11) is 0. The maximum atomic E-state index is 11.1. The third kappa shape index (κ3) is 7.09. The summed E-state index contributed by atoms with van der Waals surface area (Å²) in [6.07, 6.45) is 0.0723. The molecule has 3 nitrogen and oxygen atoms in total. The van der Waals surface area contributed by atoms with E-state index in [4.69, 9.17) is 0 Å². The fourth-order valence-corrected chi connectivity index (χ4v) is 1.97. The van der Waals surface area contributed by atoms with Crippen molar-refractivity contribution in [2.45, 2.75) is 27.2 Å². The Morgan fingerprint density at radius 1 is 1.21 bits per heavy atom. The highest BCUT2D eigenvalue weighted by Crippen LogP contribution is 2.06. The molecule has 0 saturated carbocycles. The molecule has 0 aromatic carbocycles. The van der Waals surface area contributed by atoms with Gasteiger partial charge in [-0.15, -0.1) is 0 Å². The van der Waals surface area contributed by atoms with Crippen molar-refractivity contribution >= 4 is 22.7 Å². The molecule has 0 bridgehead atoms. The van der Waals surface area contributed by atoms with Crippen molar-refractivity contribution in [1.82, 2.24) is 4.90 Å². The fraction of sp³-hybridized carbons (Fsp3) is 0.800. The van der Waals surface area contributed by atoms with Crippen LogP contribution in [0.4, 0.5) is 0 Å². The highest BCUT2D eigenvalue weighted by atomic mass is 32.2. The number of rotatable bonds is 7. The smallest absolute Gasteiger partial charge is 0.196 e. The Bertz CT molecular complexity index is 191. The van der Waals surface area contributed by atoms with Crippen molar-refractivity contribution in [3.63, 3.8) is 0 Å². The maximum Gasteiger partial charge on any atom is 0.196 e. The van der Waals surface area contributed by atoms with Gasteiger partial charge in [-0.2, -0.15) is 0 Å². The van der Waals surface area contributed by atoms with Crippen LogP contribution in [0.25, 0.3) is 0 Å². The van der Waals surface area contributed by atoms with Gasteiger partial charge in [0, 0.05) is 12.3 Å². The predicted octanol–water partition coefficient (Wildman–Crippen LogP) is 1.57. The van der Waals surface area contributed by atoms with E-state index >= 15 is 0 Å². The van der Waals surface area contributed by atoms with Gasteiger partial charge in [0.1, 0.15) is 5.78 Å². The number of ketones is 1. The van der Waals surface area contributed by atoms with Gasteiger partial charge in [0.25, 0.3) is 0 Å². The monoisotopic (exact) mass is 217 g/mol. The minimum Gasteiger partial charge on any atom is -0.303 e. The normalized spacial score (nSPS) is 10.6. The second-order valence-electron chi connectivity index (χ2n) is 3.13. The molecule has 0 rings (SSSR count). The first-order valence-corrected chi connectivity index (χ1v) is 5.96. The third-order valence-corrected chi connectivity index (χ3v) is 2.81. The van der Waals surface area contributed by atoms with Crippen molar-refractivity contribution in [1.29, 1.82) is 0 Å². The first-order chi connectivity index (χ1) is 6.60. The number of hydrogen-bond donors (Lipinski definition) is 0. The summed E-state index contributed by atoms with van der Waals surface area (Å²) in [5, 5.41) is -0.00958. The third-order valence-electron chi connectivity index (χ3n) is 1.96. The molecule has 0 aliphatic heterocycles. The zero-order valence-corrected chi connectivity index (χ0v) is 10.0. The molecular weight excluding hydrogens is 198 g/mol.